The zero-order valence-corrected chi connectivity index (χ0v) is 11.5. The fourth-order valence-electron chi connectivity index (χ4n) is 1.62. The molecule has 1 N–H and O–H groups in total. The lowest BCUT2D eigenvalue weighted by atomic mass is 10.2. The number of thioether (sulfide) groups is 1. The molecule has 0 saturated carbocycles. The molecule has 16 heavy (non-hydrogen) atoms. The normalized spacial score (nSPS) is 15.0. The summed E-state index contributed by atoms with van der Waals surface area (Å²) in [5.41, 5.74) is 1.19. The summed E-state index contributed by atoms with van der Waals surface area (Å²) < 4.78 is 2.07. The topological polar surface area (TPSA) is 29.9 Å². The highest BCUT2D eigenvalue weighted by molar-refractivity contribution is 7.98. The van der Waals surface area contributed by atoms with E-state index in [2.05, 4.69) is 47.5 Å². The minimum atomic E-state index is 0.502. The van der Waals surface area contributed by atoms with E-state index in [0.717, 1.165) is 18.6 Å². The molecular weight excluding hydrogens is 218 g/mol. The van der Waals surface area contributed by atoms with Crippen LogP contribution in [0.25, 0.3) is 0 Å². The van der Waals surface area contributed by atoms with E-state index >= 15 is 0 Å². The molecule has 0 saturated heterocycles. The zero-order valence-electron chi connectivity index (χ0n) is 10.7. The Morgan fingerprint density at radius 2 is 2.31 bits per heavy atom. The molecule has 0 fully saturated rings. The van der Waals surface area contributed by atoms with Crippen LogP contribution in [0, 0.1) is 0 Å². The molecule has 0 aliphatic heterocycles. The second-order valence-electron chi connectivity index (χ2n) is 4.19. The smallest absolute Gasteiger partial charge is 0.0640 e. The third-order valence-corrected chi connectivity index (χ3v) is 3.67. The molecule has 92 valence electrons. The fraction of sp³-hybridized carbons (Fsp3) is 0.750. The Kier molecular flexibility index (Phi) is 5.91. The lowest BCUT2D eigenvalue weighted by molar-refractivity contribution is 0.470. The molecule has 4 heteroatoms. The van der Waals surface area contributed by atoms with Gasteiger partial charge >= 0.3 is 0 Å². The van der Waals surface area contributed by atoms with Gasteiger partial charge in [0.1, 0.15) is 0 Å². The standard InChI is InChI=1S/C12H23N3S/c1-5-10(2)15-7-6-11(14-15)8-12(13-3)9-16-4/h6-7,10,12-13H,5,8-9H2,1-4H3. The lowest BCUT2D eigenvalue weighted by Gasteiger charge is -2.13. The molecule has 3 nitrogen and oxygen atoms in total. The molecule has 1 heterocycles. The number of rotatable bonds is 7. The van der Waals surface area contributed by atoms with Crippen molar-refractivity contribution >= 4 is 11.8 Å². The summed E-state index contributed by atoms with van der Waals surface area (Å²) in [6.45, 7) is 4.39. The van der Waals surface area contributed by atoms with E-state index < -0.39 is 0 Å². The molecule has 0 aliphatic rings. The predicted octanol–water partition coefficient (Wildman–Crippen LogP) is 2.35. The summed E-state index contributed by atoms with van der Waals surface area (Å²) in [4.78, 5) is 0. The number of aromatic nitrogens is 2. The summed E-state index contributed by atoms with van der Waals surface area (Å²) in [7, 11) is 2.02. The molecule has 2 atom stereocenters. The van der Waals surface area contributed by atoms with Crippen LogP contribution in [0.5, 0.6) is 0 Å². The predicted molar refractivity (Wildman–Crippen MR) is 72.2 cm³/mol. The molecule has 0 amide bonds. The van der Waals surface area contributed by atoms with Crippen molar-refractivity contribution in [3.8, 4) is 0 Å². The maximum Gasteiger partial charge on any atom is 0.0640 e. The van der Waals surface area contributed by atoms with E-state index in [-0.39, 0.29) is 0 Å². The molecule has 0 aliphatic carbocycles. The Morgan fingerprint density at radius 1 is 1.56 bits per heavy atom. The molecule has 0 bridgehead atoms. The van der Waals surface area contributed by atoms with E-state index in [9.17, 15) is 0 Å². The van der Waals surface area contributed by atoms with Crippen LogP contribution in [0.3, 0.4) is 0 Å². The molecular formula is C12H23N3S. The second-order valence-corrected chi connectivity index (χ2v) is 5.10. The van der Waals surface area contributed by atoms with Crippen LogP contribution >= 0.6 is 11.8 Å². The average Bonchev–Trinajstić information content (AvgIpc) is 2.76. The first-order valence-electron chi connectivity index (χ1n) is 5.91. The molecule has 1 aromatic heterocycles. The van der Waals surface area contributed by atoms with Gasteiger partial charge in [0.2, 0.25) is 0 Å². The number of hydrogen-bond donors (Lipinski definition) is 1. The van der Waals surface area contributed by atoms with Gasteiger partial charge in [-0.2, -0.15) is 16.9 Å². The van der Waals surface area contributed by atoms with Crippen LogP contribution < -0.4 is 5.32 Å². The molecule has 1 aromatic rings. The maximum absolute atomic E-state index is 4.62. The third kappa shape index (κ3) is 3.83. The lowest BCUT2D eigenvalue weighted by Crippen LogP contribution is -2.30. The fourth-order valence-corrected chi connectivity index (χ4v) is 2.30. The van der Waals surface area contributed by atoms with Crippen molar-refractivity contribution in [2.75, 3.05) is 19.1 Å². The van der Waals surface area contributed by atoms with E-state index in [1.165, 1.54) is 5.69 Å². The Bertz CT molecular complexity index is 298. The Hall–Kier alpha value is -0.480. The molecule has 0 spiro atoms. The van der Waals surface area contributed by atoms with Gasteiger partial charge in [-0.1, -0.05) is 6.92 Å². The number of nitrogens with zero attached hydrogens (tertiary/aromatic N) is 2. The van der Waals surface area contributed by atoms with E-state index in [0.29, 0.717) is 12.1 Å². The summed E-state index contributed by atoms with van der Waals surface area (Å²) in [5.74, 6) is 1.13. The highest BCUT2D eigenvalue weighted by Gasteiger charge is 2.10. The third-order valence-electron chi connectivity index (χ3n) is 2.94. The zero-order chi connectivity index (χ0) is 12.0. The van der Waals surface area contributed by atoms with Crippen molar-refractivity contribution in [3.63, 3.8) is 0 Å². The summed E-state index contributed by atoms with van der Waals surface area (Å²) in [6.07, 6.45) is 6.37. The van der Waals surface area contributed by atoms with Gasteiger partial charge < -0.3 is 5.32 Å². The van der Waals surface area contributed by atoms with Crippen molar-refractivity contribution in [1.82, 2.24) is 15.1 Å². The molecule has 1 rings (SSSR count). The van der Waals surface area contributed by atoms with E-state index in [1.54, 1.807) is 0 Å². The van der Waals surface area contributed by atoms with E-state index in [4.69, 9.17) is 0 Å². The summed E-state index contributed by atoms with van der Waals surface area (Å²) in [6, 6.07) is 3.16. The van der Waals surface area contributed by atoms with Crippen LogP contribution in [0.1, 0.15) is 32.0 Å². The van der Waals surface area contributed by atoms with Gasteiger partial charge in [-0.25, -0.2) is 0 Å². The molecule has 0 aromatic carbocycles. The van der Waals surface area contributed by atoms with Gasteiger partial charge in [0.05, 0.1) is 5.69 Å². The number of nitrogens with one attached hydrogen (secondary N) is 1. The first-order chi connectivity index (χ1) is 7.71. The quantitative estimate of drug-likeness (QED) is 0.795. The van der Waals surface area contributed by atoms with Crippen LogP contribution in [0.4, 0.5) is 0 Å². The largest absolute Gasteiger partial charge is 0.316 e. The monoisotopic (exact) mass is 241 g/mol. The maximum atomic E-state index is 4.62. The Labute approximate surface area is 103 Å². The minimum absolute atomic E-state index is 0.502. The van der Waals surface area contributed by atoms with Gasteiger partial charge in [0.15, 0.2) is 0 Å². The van der Waals surface area contributed by atoms with Crippen LogP contribution in [-0.4, -0.2) is 34.9 Å². The first-order valence-corrected chi connectivity index (χ1v) is 7.30. The highest BCUT2D eigenvalue weighted by Crippen LogP contribution is 2.11. The first kappa shape index (κ1) is 13.6. The van der Waals surface area contributed by atoms with Crippen molar-refractivity contribution in [2.24, 2.45) is 0 Å². The van der Waals surface area contributed by atoms with Crippen molar-refractivity contribution in [1.29, 1.82) is 0 Å². The molecule has 0 radical (unpaired) electrons. The van der Waals surface area contributed by atoms with Crippen molar-refractivity contribution in [3.05, 3.63) is 18.0 Å². The van der Waals surface area contributed by atoms with Crippen LogP contribution in [0.2, 0.25) is 0 Å². The van der Waals surface area contributed by atoms with Crippen molar-refractivity contribution < 1.29 is 0 Å². The minimum Gasteiger partial charge on any atom is -0.316 e. The van der Waals surface area contributed by atoms with Crippen molar-refractivity contribution in [2.45, 2.75) is 38.8 Å². The van der Waals surface area contributed by atoms with E-state index in [1.807, 2.05) is 18.8 Å². The summed E-state index contributed by atoms with van der Waals surface area (Å²) >= 11 is 1.87. The van der Waals surface area contributed by atoms with Crippen LogP contribution in [-0.2, 0) is 6.42 Å². The Morgan fingerprint density at radius 3 is 2.88 bits per heavy atom. The van der Waals surface area contributed by atoms with Gasteiger partial charge in [-0.15, -0.1) is 0 Å². The second kappa shape index (κ2) is 6.97. The average molecular weight is 241 g/mol. The number of hydrogen-bond acceptors (Lipinski definition) is 3. The van der Waals surface area contributed by atoms with Gasteiger partial charge in [-0.3, -0.25) is 4.68 Å². The SMILES string of the molecule is CCC(C)n1ccc(CC(CSC)NC)n1. The Balaban J connectivity index is 2.56. The van der Waals surface area contributed by atoms with Gasteiger partial charge in [0.25, 0.3) is 0 Å². The molecule has 2 unspecified atom stereocenters. The highest BCUT2D eigenvalue weighted by atomic mass is 32.2. The summed E-state index contributed by atoms with van der Waals surface area (Å²) in [5, 5.41) is 7.95. The van der Waals surface area contributed by atoms with Gasteiger partial charge in [0, 0.05) is 30.5 Å². The number of likely N-dealkylation sites (N-methyl/N-ethyl adjacent to an activating group) is 1. The van der Waals surface area contributed by atoms with Gasteiger partial charge in [-0.05, 0) is 32.7 Å². The van der Waals surface area contributed by atoms with Crippen LogP contribution in [0.15, 0.2) is 12.3 Å².